The van der Waals surface area contributed by atoms with Crippen molar-refractivity contribution in [3.05, 3.63) is 30.1 Å². The van der Waals surface area contributed by atoms with Crippen LogP contribution in [0.1, 0.15) is 40.0 Å². The molecule has 1 amide bonds. The van der Waals surface area contributed by atoms with Crippen LogP contribution in [0.5, 0.6) is 0 Å². The van der Waals surface area contributed by atoms with Crippen molar-refractivity contribution in [1.29, 1.82) is 0 Å². The molecule has 1 aromatic carbocycles. The third-order valence-electron chi connectivity index (χ3n) is 5.01. The summed E-state index contributed by atoms with van der Waals surface area (Å²) in [6.45, 7) is 6.81. The lowest BCUT2D eigenvalue weighted by atomic mass is 9.89. The number of rotatable bonds is 7. The van der Waals surface area contributed by atoms with Gasteiger partial charge in [0, 0.05) is 31.1 Å². The van der Waals surface area contributed by atoms with E-state index in [2.05, 4.69) is 19.2 Å². The maximum absolute atomic E-state index is 13.9. The number of halogens is 2. The van der Waals surface area contributed by atoms with E-state index in [1.54, 1.807) is 0 Å². The minimum Gasteiger partial charge on any atom is -0.349 e. The molecule has 160 valence electrons. The standard InChI is InChI=1S/C19H30FN3O3S.ClH/c1-14(2)12-19(3,13-21)22-18(24)15-8-10-23(11-9-15)27(25,26)17-7-5-4-6-16(17)20;/h4-7,14-15H,8-13,21H2,1-3H3,(H,22,24);1H. The number of carbonyl (C=O) groups excluding carboxylic acids is 1. The van der Waals surface area contributed by atoms with Crippen molar-refractivity contribution in [2.45, 2.75) is 50.5 Å². The van der Waals surface area contributed by atoms with Crippen molar-refractivity contribution in [3.63, 3.8) is 0 Å². The molecule has 28 heavy (non-hydrogen) atoms. The normalized spacial score (nSPS) is 18.4. The van der Waals surface area contributed by atoms with E-state index < -0.39 is 21.4 Å². The molecule has 1 fully saturated rings. The lowest BCUT2D eigenvalue weighted by molar-refractivity contribution is -0.128. The van der Waals surface area contributed by atoms with Gasteiger partial charge in [0.25, 0.3) is 0 Å². The number of benzene rings is 1. The SMILES string of the molecule is CC(C)CC(C)(CN)NC(=O)C1CCN(S(=O)(=O)c2ccccc2F)CC1.Cl. The Morgan fingerprint density at radius 3 is 2.39 bits per heavy atom. The summed E-state index contributed by atoms with van der Waals surface area (Å²) in [5.41, 5.74) is 5.38. The first-order valence-electron chi connectivity index (χ1n) is 9.36. The summed E-state index contributed by atoms with van der Waals surface area (Å²) in [5.74, 6) is -0.724. The highest BCUT2D eigenvalue weighted by molar-refractivity contribution is 7.89. The quantitative estimate of drug-likeness (QED) is 0.688. The zero-order valence-corrected chi connectivity index (χ0v) is 18.3. The molecular weight excluding hydrogens is 405 g/mol. The van der Waals surface area contributed by atoms with Gasteiger partial charge in [0.2, 0.25) is 15.9 Å². The van der Waals surface area contributed by atoms with Gasteiger partial charge in [-0.25, -0.2) is 12.8 Å². The molecule has 6 nitrogen and oxygen atoms in total. The van der Waals surface area contributed by atoms with Crippen molar-refractivity contribution in [2.24, 2.45) is 17.6 Å². The molecule has 1 heterocycles. The highest BCUT2D eigenvalue weighted by Gasteiger charge is 2.35. The molecule has 0 bridgehead atoms. The predicted molar refractivity (Wildman–Crippen MR) is 110 cm³/mol. The molecule has 0 radical (unpaired) electrons. The number of nitrogens with one attached hydrogen (secondary N) is 1. The van der Waals surface area contributed by atoms with Crippen LogP contribution in [0.15, 0.2) is 29.2 Å². The van der Waals surface area contributed by atoms with E-state index in [1.807, 2.05) is 6.92 Å². The molecule has 1 saturated heterocycles. The largest absolute Gasteiger partial charge is 0.349 e. The van der Waals surface area contributed by atoms with Gasteiger partial charge in [-0.15, -0.1) is 12.4 Å². The Morgan fingerprint density at radius 1 is 1.32 bits per heavy atom. The Labute approximate surface area is 173 Å². The minimum atomic E-state index is -3.89. The van der Waals surface area contributed by atoms with Gasteiger partial charge >= 0.3 is 0 Å². The van der Waals surface area contributed by atoms with Crippen molar-refractivity contribution in [2.75, 3.05) is 19.6 Å². The molecule has 0 spiro atoms. The van der Waals surface area contributed by atoms with Crippen molar-refractivity contribution in [3.8, 4) is 0 Å². The molecule has 2 rings (SSSR count). The molecule has 1 aliphatic rings. The van der Waals surface area contributed by atoms with Crippen LogP contribution < -0.4 is 11.1 Å². The summed E-state index contributed by atoms with van der Waals surface area (Å²) in [4.78, 5) is 12.3. The van der Waals surface area contributed by atoms with E-state index in [4.69, 9.17) is 5.73 Å². The molecule has 3 N–H and O–H groups in total. The fraction of sp³-hybridized carbons (Fsp3) is 0.632. The number of nitrogens with zero attached hydrogens (tertiary/aromatic N) is 1. The van der Waals surface area contributed by atoms with Gasteiger partial charge < -0.3 is 11.1 Å². The first kappa shape index (κ1) is 24.8. The molecule has 1 aromatic rings. The smallest absolute Gasteiger partial charge is 0.245 e. The second-order valence-corrected chi connectivity index (χ2v) is 9.87. The van der Waals surface area contributed by atoms with Gasteiger partial charge in [0.05, 0.1) is 0 Å². The zero-order valence-electron chi connectivity index (χ0n) is 16.7. The van der Waals surface area contributed by atoms with E-state index in [0.717, 1.165) is 12.5 Å². The summed E-state index contributed by atoms with van der Waals surface area (Å²) < 4.78 is 40.4. The number of hydrogen-bond acceptors (Lipinski definition) is 4. The summed E-state index contributed by atoms with van der Waals surface area (Å²) in [6.07, 6.45) is 1.58. The number of hydrogen-bond donors (Lipinski definition) is 2. The average Bonchev–Trinajstić information content (AvgIpc) is 2.61. The second kappa shape index (κ2) is 10.0. The Bertz CT molecular complexity index is 767. The van der Waals surface area contributed by atoms with Crippen LogP contribution in [0.4, 0.5) is 4.39 Å². The summed E-state index contributed by atoms with van der Waals surface area (Å²) in [7, 11) is -3.89. The lowest BCUT2D eigenvalue weighted by Gasteiger charge is -2.35. The molecular formula is C19H31ClFN3O3S. The molecule has 0 aliphatic carbocycles. The molecule has 1 atom stereocenters. The zero-order chi connectivity index (χ0) is 20.2. The van der Waals surface area contributed by atoms with E-state index in [-0.39, 0.29) is 42.2 Å². The van der Waals surface area contributed by atoms with Crippen LogP contribution in [0.2, 0.25) is 0 Å². The van der Waals surface area contributed by atoms with Crippen LogP contribution in [0.25, 0.3) is 0 Å². The van der Waals surface area contributed by atoms with Gasteiger partial charge in [-0.05, 0) is 44.2 Å². The van der Waals surface area contributed by atoms with Crippen LogP contribution in [-0.2, 0) is 14.8 Å². The minimum absolute atomic E-state index is 0. The van der Waals surface area contributed by atoms with Crippen LogP contribution in [0.3, 0.4) is 0 Å². The Kier molecular flexibility index (Phi) is 8.87. The maximum Gasteiger partial charge on any atom is 0.245 e. The van der Waals surface area contributed by atoms with Gasteiger partial charge in [-0.1, -0.05) is 26.0 Å². The van der Waals surface area contributed by atoms with Gasteiger partial charge in [0.1, 0.15) is 10.7 Å². The van der Waals surface area contributed by atoms with Gasteiger partial charge in [-0.3, -0.25) is 4.79 Å². The third kappa shape index (κ3) is 5.89. The van der Waals surface area contributed by atoms with E-state index >= 15 is 0 Å². The molecule has 1 aliphatic heterocycles. The summed E-state index contributed by atoms with van der Waals surface area (Å²) in [5, 5.41) is 3.05. The molecule has 0 saturated carbocycles. The number of sulfonamides is 1. The van der Waals surface area contributed by atoms with Crippen LogP contribution in [-0.4, -0.2) is 43.8 Å². The van der Waals surface area contributed by atoms with E-state index in [0.29, 0.717) is 25.3 Å². The number of nitrogens with two attached hydrogens (primary N) is 1. The molecule has 0 aromatic heterocycles. The molecule has 9 heteroatoms. The van der Waals surface area contributed by atoms with Gasteiger partial charge in [-0.2, -0.15) is 4.31 Å². The third-order valence-corrected chi connectivity index (χ3v) is 6.95. The fourth-order valence-corrected chi connectivity index (χ4v) is 5.17. The monoisotopic (exact) mass is 435 g/mol. The van der Waals surface area contributed by atoms with Crippen LogP contribution >= 0.6 is 12.4 Å². The molecule has 1 unspecified atom stereocenters. The summed E-state index contributed by atoms with van der Waals surface area (Å²) in [6, 6.07) is 5.35. The topological polar surface area (TPSA) is 92.5 Å². The van der Waals surface area contributed by atoms with Crippen molar-refractivity contribution >= 4 is 28.3 Å². The predicted octanol–water partition coefficient (Wildman–Crippen LogP) is 2.53. The second-order valence-electron chi connectivity index (χ2n) is 7.96. The first-order valence-corrected chi connectivity index (χ1v) is 10.8. The number of carbonyl (C=O) groups is 1. The van der Waals surface area contributed by atoms with Crippen molar-refractivity contribution in [1.82, 2.24) is 9.62 Å². The van der Waals surface area contributed by atoms with Crippen LogP contribution in [0, 0.1) is 17.7 Å². The Balaban J connectivity index is 0.00000392. The fourth-order valence-electron chi connectivity index (χ4n) is 3.64. The number of piperidine rings is 1. The van der Waals surface area contributed by atoms with Crippen molar-refractivity contribution < 1.29 is 17.6 Å². The van der Waals surface area contributed by atoms with E-state index in [9.17, 15) is 17.6 Å². The maximum atomic E-state index is 13.9. The highest BCUT2D eigenvalue weighted by atomic mass is 35.5. The Morgan fingerprint density at radius 2 is 1.89 bits per heavy atom. The number of amides is 1. The Hall–Kier alpha value is -1.22. The lowest BCUT2D eigenvalue weighted by Crippen LogP contribution is -2.55. The first-order chi connectivity index (χ1) is 12.6. The van der Waals surface area contributed by atoms with E-state index in [1.165, 1.54) is 22.5 Å². The average molecular weight is 436 g/mol. The summed E-state index contributed by atoms with van der Waals surface area (Å²) >= 11 is 0. The van der Waals surface area contributed by atoms with Gasteiger partial charge in [0.15, 0.2) is 0 Å². The highest BCUT2D eigenvalue weighted by Crippen LogP contribution is 2.26.